The van der Waals surface area contributed by atoms with Crippen molar-refractivity contribution in [2.45, 2.75) is 52.0 Å². The molecule has 2 heterocycles. The van der Waals surface area contributed by atoms with E-state index < -0.39 is 11.0 Å². The van der Waals surface area contributed by atoms with E-state index in [9.17, 15) is 9.00 Å². The second kappa shape index (κ2) is 9.54. The number of ether oxygens (including phenoxy) is 1. The van der Waals surface area contributed by atoms with Gasteiger partial charge in [-0.2, -0.15) is 4.98 Å². The summed E-state index contributed by atoms with van der Waals surface area (Å²) >= 11 is 0. The number of nitrogens with one attached hydrogen (secondary N) is 2. The Hall–Kier alpha value is -3.26. The van der Waals surface area contributed by atoms with Crippen LogP contribution in [0.4, 0.5) is 5.95 Å². The van der Waals surface area contributed by atoms with Gasteiger partial charge in [0.05, 0.1) is 16.6 Å². The Morgan fingerprint density at radius 3 is 2.47 bits per heavy atom. The Morgan fingerprint density at radius 2 is 1.76 bits per heavy atom. The summed E-state index contributed by atoms with van der Waals surface area (Å²) in [5, 5.41) is 3.08. The Balaban J connectivity index is 1.81. The average molecular weight is 479 g/mol. The topological polar surface area (TPSA) is 93.2 Å². The van der Waals surface area contributed by atoms with Gasteiger partial charge >= 0.3 is 0 Å². The fourth-order valence-electron chi connectivity index (χ4n) is 4.13. The lowest BCUT2D eigenvalue weighted by Crippen LogP contribution is -2.41. The SMILES string of the molecule is Cc1cccc(C)c1-c1cc2nc(n1)NS(=O)c1cccc(c1)C(=O)N[C@H](CC(C)(C)C)CO2. The summed E-state index contributed by atoms with van der Waals surface area (Å²) in [6, 6.07) is 14.4. The second-order valence-electron chi connectivity index (χ2n) is 9.83. The van der Waals surface area contributed by atoms with Crippen molar-refractivity contribution in [3.05, 3.63) is 65.2 Å². The van der Waals surface area contributed by atoms with Crippen LogP contribution in [0.2, 0.25) is 0 Å². The molecule has 0 saturated carbocycles. The molecule has 2 N–H and O–H groups in total. The fraction of sp³-hybridized carbons (Fsp3) is 0.346. The molecule has 1 aliphatic rings. The standard InChI is InChI=1S/C26H30N4O3S/c1-16-8-6-9-17(2)23(16)21-13-22-29-25(28-21)30-34(32)20-11-7-10-18(12-20)24(31)27-19(15-33-22)14-26(3,4)5/h6-13,19H,14-15H2,1-5H3,(H,27,31)(H,28,29,30)/t19-,34?/m1/s1. The average Bonchev–Trinajstić information content (AvgIpc) is 2.76. The minimum Gasteiger partial charge on any atom is -0.475 e. The number of amides is 1. The van der Waals surface area contributed by atoms with E-state index in [0.29, 0.717) is 28.5 Å². The summed E-state index contributed by atoms with van der Waals surface area (Å²) < 4.78 is 22.1. The number of aryl methyl sites for hydroxylation is 2. The molecule has 2 atom stereocenters. The molecule has 1 unspecified atom stereocenters. The highest BCUT2D eigenvalue weighted by Crippen LogP contribution is 2.30. The number of benzene rings is 2. The van der Waals surface area contributed by atoms with Crippen LogP contribution in [0.15, 0.2) is 53.4 Å². The van der Waals surface area contributed by atoms with Gasteiger partial charge in [-0.1, -0.05) is 45.0 Å². The summed E-state index contributed by atoms with van der Waals surface area (Å²) in [4.78, 5) is 22.6. The number of carbonyl (C=O) groups excluding carboxylic acids is 1. The Labute approximate surface area is 203 Å². The second-order valence-corrected chi connectivity index (χ2v) is 11.0. The molecular formula is C26H30N4O3S. The lowest BCUT2D eigenvalue weighted by Gasteiger charge is -2.27. The zero-order chi connectivity index (χ0) is 24.5. The van der Waals surface area contributed by atoms with Crippen molar-refractivity contribution >= 4 is 22.8 Å². The summed E-state index contributed by atoms with van der Waals surface area (Å²) in [5.41, 5.74) is 4.21. The van der Waals surface area contributed by atoms with Crippen LogP contribution in [0.5, 0.6) is 5.88 Å². The van der Waals surface area contributed by atoms with Crippen LogP contribution >= 0.6 is 0 Å². The van der Waals surface area contributed by atoms with Crippen LogP contribution in [0.3, 0.4) is 0 Å². The van der Waals surface area contributed by atoms with Gasteiger partial charge in [0.1, 0.15) is 6.61 Å². The lowest BCUT2D eigenvalue weighted by molar-refractivity contribution is 0.0903. The zero-order valence-electron chi connectivity index (χ0n) is 20.1. The molecular weight excluding hydrogens is 448 g/mol. The van der Waals surface area contributed by atoms with E-state index in [1.807, 2.05) is 32.0 Å². The molecule has 1 aliphatic heterocycles. The van der Waals surface area contributed by atoms with Crippen LogP contribution in [0.25, 0.3) is 11.3 Å². The van der Waals surface area contributed by atoms with Crippen molar-refractivity contribution in [2.24, 2.45) is 5.41 Å². The Bertz CT molecular complexity index is 1230. The maximum Gasteiger partial charge on any atom is 0.251 e. The third kappa shape index (κ3) is 5.62. The Morgan fingerprint density at radius 1 is 1.06 bits per heavy atom. The quantitative estimate of drug-likeness (QED) is 0.551. The number of fused-ring (bicyclic) bond motifs is 4. The summed E-state index contributed by atoms with van der Waals surface area (Å²) in [7, 11) is -1.66. The monoisotopic (exact) mass is 478 g/mol. The number of hydrogen-bond acceptors (Lipinski definition) is 5. The molecule has 1 amide bonds. The van der Waals surface area contributed by atoms with E-state index in [4.69, 9.17) is 4.74 Å². The number of hydrogen-bond donors (Lipinski definition) is 2. The van der Waals surface area contributed by atoms with Crippen molar-refractivity contribution in [3.63, 3.8) is 0 Å². The zero-order valence-corrected chi connectivity index (χ0v) is 21.0. The van der Waals surface area contributed by atoms with Crippen molar-refractivity contribution in [1.29, 1.82) is 0 Å². The third-order valence-electron chi connectivity index (χ3n) is 5.56. The van der Waals surface area contributed by atoms with Gasteiger partial charge in [-0.25, -0.2) is 9.19 Å². The molecule has 1 aromatic heterocycles. The Kier molecular flexibility index (Phi) is 6.70. The number of aromatic nitrogens is 2. The van der Waals surface area contributed by atoms with Crippen molar-refractivity contribution in [2.75, 3.05) is 11.3 Å². The van der Waals surface area contributed by atoms with Gasteiger partial charge in [-0.05, 0) is 55.0 Å². The van der Waals surface area contributed by atoms with Crippen LogP contribution in [0, 0.1) is 19.3 Å². The molecule has 0 radical (unpaired) electrons. The van der Waals surface area contributed by atoms with Gasteiger partial charge in [0.25, 0.3) is 5.91 Å². The highest BCUT2D eigenvalue weighted by Gasteiger charge is 2.24. The fourth-order valence-corrected chi connectivity index (χ4v) is 4.94. The molecule has 4 bridgehead atoms. The molecule has 3 aromatic rings. The first-order valence-corrected chi connectivity index (χ1v) is 12.4. The van der Waals surface area contributed by atoms with Crippen LogP contribution in [-0.4, -0.2) is 32.7 Å². The molecule has 0 fully saturated rings. The maximum atomic E-state index is 13.1. The number of rotatable bonds is 2. The highest BCUT2D eigenvalue weighted by molar-refractivity contribution is 7.86. The van der Waals surface area contributed by atoms with Crippen molar-refractivity contribution in [1.82, 2.24) is 15.3 Å². The van der Waals surface area contributed by atoms with Gasteiger partial charge < -0.3 is 10.1 Å². The molecule has 2 aromatic carbocycles. The largest absolute Gasteiger partial charge is 0.475 e. The van der Waals surface area contributed by atoms with Crippen molar-refractivity contribution < 1.29 is 13.7 Å². The normalized spacial score (nSPS) is 18.4. The smallest absolute Gasteiger partial charge is 0.251 e. The molecule has 8 heteroatoms. The minimum atomic E-state index is -1.66. The molecule has 4 rings (SSSR count). The maximum absolute atomic E-state index is 13.1. The lowest BCUT2D eigenvalue weighted by atomic mass is 9.88. The summed E-state index contributed by atoms with van der Waals surface area (Å²) in [6.07, 6.45) is 0.713. The van der Waals surface area contributed by atoms with E-state index >= 15 is 0 Å². The molecule has 7 nitrogen and oxygen atoms in total. The van der Waals surface area contributed by atoms with E-state index in [0.717, 1.165) is 16.7 Å². The van der Waals surface area contributed by atoms with Gasteiger partial charge in [0.15, 0.2) is 11.0 Å². The molecule has 0 spiro atoms. The van der Waals surface area contributed by atoms with E-state index in [2.05, 4.69) is 40.8 Å². The first kappa shape index (κ1) is 23.9. The third-order valence-corrected chi connectivity index (χ3v) is 6.61. The molecule has 34 heavy (non-hydrogen) atoms. The first-order valence-electron chi connectivity index (χ1n) is 11.3. The summed E-state index contributed by atoms with van der Waals surface area (Å²) in [5.74, 6) is 0.320. The predicted octanol–water partition coefficient (Wildman–Crippen LogP) is 4.82. The van der Waals surface area contributed by atoms with Gasteiger partial charge in [-0.3, -0.25) is 9.52 Å². The van der Waals surface area contributed by atoms with E-state index in [1.54, 1.807) is 30.3 Å². The van der Waals surface area contributed by atoms with Crippen LogP contribution in [-0.2, 0) is 11.0 Å². The van der Waals surface area contributed by atoms with Gasteiger partial charge in [0.2, 0.25) is 11.8 Å². The first-order chi connectivity index (χ1) is 16.1. The molecule has 178 valence electrons. The molecule has 0 saturated heterocycles. The van der Waals surface area contributed by atoms with E-state index in [-0.39, 0.29) is 29.9 Å². The predicted molar refractivity (Wildman–Crippen MR) is 134 cm³/mol. The van der Waals surface area contributed by atoms with Gasteiger partial charge in [-0.15, -0.1) is 0 Å². The van der Waals surface area contributed by atoms with Crippen molar-refractivity contribution in [3.8, 4) is 17.1 Å². The summed E-state index contributed by atoms with van der Waals surface area (Å²) in [6.45, 7) is 10.7. The minimum absolute atomic E-state index is 0.0274. The highest BCUT2D eigenvalue weighted by atomic mass is 32.2. The van der Waals surface area contributed by atoms with Gasteiger partial charge in [0, 0.05) is 17.2 Å². The number of carbonyl (C=O) groups is 1. The number of anilines is 1. The van der Waals surface area contributed by atoms with E-state index in [1.165, 1.54) is 0 Å². The van der Waals surface area contributed by atoms with Crippen LogP contribution < -0.4 is 14.8 Å². The molecule has 0 aliphatic carbocycles. The number of nitrogens with zero attached hydrogens (tertiary/aromatic N) is 2. The van der Waals surface area contributed by atoms with Crippen LogP contribution in [0.1, 0.15) is 48.7 Å².